The van der Waals surface area contributed by atoms with Crippen LogP contribution in [0, 0.1) is 34.5 Å². The normalized spacial score (nSPS) is 55.4. The summed E-state index contributed by atoms with van der Waals surface area (Å²) in [6, 6.07) is 0. The quantitative estimate of drug-likeness (QED) is 0.547. The Hall–Kier alpha value is -0.830. The van der Waals surface area contributed by atoms with E-state index in [0.717, 1.165) is 25.7 Å². The highest BCUT2D eigenvalue weighted by Crippen LogP contribution is 2.63. The maximum Gasteiger partial charge on any atom is 0.306 e. The summed E-state index contributed by atoms with van der Waals surface area (Å²) >= 11 is 0. The molecule has 1 saturated heterocycles. The van der Waals surface area contributed by atoms with Crippen LogP contribution in [0.25, 0.3) is 0 Å². The lowest BCUT2D eigenvalue weighted by Gasteiger charge is -2.60. The van der Waals surface area contributed by atoms with Crippen LogP contribution in [0.1, 0.15) is 59.3 Å². The van der Waals surface area contributed by atoms with Gasteiger partial charge in [0.1, 0.15) is 6.10 Å². The SMILES string of the molecule is C[C@@H]1OC(=O)C[C@H]2[C@@H]3C=C[C@H]4C[C@@H](O)CC[C@]4(C)[C@H]3CC[C@]12C. The Bertz CT molecular complexity index is 541. The summed E-state index contributed by atoms with van der Waals surface area (Å²) in [5.74, 6) is 2.06. The lowest BCUT2D eigenvalue weighted by atomic mass is 9.45. The number of allylic oxidation sites excluding steroid dienone is 2. The highest BCUT2D eigenvalue weighted by atomic mass is 16.5. The van der Waals surface area contributed by atoms with Gasteiger partial charge in [-0.15, -0.1) is 0 Å². The molecule has 3 heteroatoms. The molecule has 0 spiro atoms. The minimum Gasteiger partial charge on any atom is -0.462 e. The molecular weight excluding hydrogens is 288 g/mol. The van der Waals surface area contributed by atoms with Crippen molar-refractivity contribution >= 4 is 5.97 Å². The zero-order valence-corrected chi connectivity index (χ0v) is 14.6. The Morgan fingerprint density at radius 3 is 2.65 bits per heavy atom. The van der Waals surface area contributed by atoms with Crippen molar-refractivity contribution in [1.82, 2.24) is 0 Å². The number of hydrogen-bond acceptors (Lipinski definition) is 3. The molecule has 0 unspecified atom stereocenters. The van der Waals surface area contributed by atoms with Crippen molar-refractivity contribution in [3.05, 3.63) is 12.2 Å². The van der Waals surface area contributed by atoms with E-state index in [4.69, 9.17) is 4.74 Å². The highest BCUT2D eigenvalue weighted by Gasteiger charge is 2.58. The molecule has 2 saturated carbocycles. The van der Waals surface area contributed by atoms with E-state index in [1.807, 2.05) is 0 Å². The molecule has 0 aromatic heterocycles. The Morgan fingerprint density at radius 1 is 1.13 bits per heavy atom. The standard InChI is InChI=1S/C20H30O3/c1-12-19(2)9-7-16-15(17(19)11-18(22)23-12)5-4-13-10-14(21)6-8-20(13,16)3/h4-5,12-17,21H,6-11H2,1-3H3/t12-,13-,14-,15+,16-,17-,19+,20-/m0/s1. The van der Waals surface area contributed by atoms with Crippen LogP contribution in [0.3, 0.4) is 0 Å². The summed E-state index contributed by atoms with van der Waals surface area (Å²) < 4.78 is 5.59. The molecule has 0 aromatic rings. The predicted octanol–water partition coefficient (Wildman–Crippen LogP) is 3.71. The van der Waals surface area contributed by atoms with E-state index in [9.17, 15) is 9.90 Å². The van der Waals surface area contributed by atoms with Crippen molar-refractivity contribution in [1.29, 1.82) is 0 Å². The Kier molecular flexibility index (Phi) is 3.46. The second-order valence-electron chi connectivity index (χ2n) is 9.10. The fraction of sp³-hybridized carbons (Fsp3) is 0.850. The number of aliphatic hydroxyl groups is 1. The molecule has 3 nitrogen and oxygen atoms in total. The van der Waals surface area contributed by atoms with Gasteiger partial charge < -0.3 is 9.84 Å². The van der Waals surface area contributed by atoms with Crippen molar-refractivity contribution in [2.45, 2.75) is 71.5 Å². The smallest absolute Gasteiger partial charge is 0.306 e. The number of rotatable bonds is 0. The van der Waals surface area contributed by atoms with Crippen LogP contribution in [0.4, 0.5) is 0 Å². The van der Waals surface area contributed by atoms with Crippen molar-refractivity contribution in [2.24, 2.45) is 34.5 Å². The third kappa shape index (κ3) is 2.15. The van der Waals surface area contributed by atoms with E-state index in [2.05, 4.69) is 32.9 Å². The number of hydrogen-bond donors (Lipinski definition) is 1. The monoisotopic (exact) mass is 318 g/mol. The molecule has 23 heavy (non-hydrogen) atoms. The summed E-state index contributed by atoms with van der Waals surface area (Å²) in [4.78, 5) is 12.1. The van der Waals surface area contributed by atoms with Crippen molar-refractivity contribution in [3.63, 3.8) is 0 Å². The fourth-order valence-corrected chi connectivity index (χ4v) is 6.40. The van der Waals surface area contributed by atoms with Crippen LogP contribution in [-0.4, -0.2) is 23.3 Å². The van der Waals surface area contributed by atoms with E-state index >= 15 is 0 Å². The molecule has 128 valence electrons. The summed E-state index contributed by atoms with van der Waals surface area (Å²) in [6.07, 6.45) is 10.6. The van der Waals surface area contributed by atoms with Gasteiger partial charge in [0.2, 0.25) is 0 Å². The van der Waals surface area contributed by atoms with Gasteiger partial charge >= 0.3 is 5.97 Å². The molecular formula is C20H30O3. The first-order valence-corrected chi connectivity index (χ1v) is 9.40. The number of esters is 1. The number of carbonyl (C=O) groups excluding carboxylic acids is 1. The van der Waals surface area contributed by atoms with Gasteiger partial charge in [-0.05, 0) is 68.1 Å². The molecule has 1 heterocycles. The van der Waals surface area contributed by atoms with Crippen LogP contribution in [-0.2, 0) is 9.53 Å². The third-order valence-electron chi connectivity index (χ3n) is 8.20. The Labute approximate surface area is 139 Å². The van der Waals surface area contributed by atoms with E-state index in [0.29, 0.717) is 35.5 Å². The zero-order chi connectivity index (χ0) is 16.4. The molecule has 8 atom stereocenters. The summed E-state index contributed by atoms with van der Waals surface area (Å²) in [6.45, 7) is 6.86. The van der Waals surface area contributed by atoms with Crippen LogP contribution < -0.4 is 0 Å². The molecule has 0 amide bonds. The first-order chi connectivity index (χ1) is 10.8. The van der Waals surface area contributed by atoms with Crippen LogP contribution in [0.2, 0.25) is 0 Å². The highest BCUT2D eigenvalue weighted by molar-refractivity contribution is 5.71. The fourth-order valence-electron chi connectivity index (χ4n) is 6.40. The molecule has 3 aliphatic carbocycles. The minimum absolute atomic E-state index is 0.0135. The predicted molar refractivity (Wildman–Crippen MR) is 88.6 cm³/mol. The van der Waals surface area contributed by atoms with Gasteiger partial charge in [-0.2, -0.15) is 0 Å². The maximum absolute atomic E-state index is 12.1. The summed E-state index contributed by atoms with van der Waals surface area (Å²) in [5, 5.41) is 10.1. The van der Waals surface area contributed by atoms with Crippen molar-refractivity contribution in [2.75, 3.05) is 0 Å². The van der Waals surface area contributed by atoms with Gasteiger partial charge in [0.05, 0.1) is 6.10 Å². The summed E-state index contributed by atoms with van der Waals surface area (Å²) in [7, 11) is 0. The van der Waals surface area contributed by atoms with E-state index in [1.54, 1.807) is 0 Å². The van der Waals surface area contributed by atoms with Crippen LogP contribution >= 0.6 is 0 Å². The van der Waals surface area contributed by atoms with Crippen molar-refractivity contribution < 1.29 is 14.6 Å². The average molecular weight is 318 g/mol. The minimum atomic E-state index is -0.132. The third-order valence-corrected chi connectivity index (χ3v) is 8.20. The molecule has 4 rings (SSSR count). The maximum atomic E-state index is 12.1. The average Bonchev–Trinajstić information content (AvgIpc) is 2.49. The van der Waals surface area contributed by atoms with Gasteiger partial charge in [-0.3, -0.25) is 4.79 Å². The topological polar surface area (TPSA) is 46.5 Å². The van der Waals surface area contributed by atoms with Gasteiger partial charge in [-0.25, -0.2) is 0 Å². The lowest BCUT2D eigenvalue weighted by molar-refractivity contribution is -0.188. The van der Waals surface area contributed by atoms with Gasteiger partial charge in [0.25, 0.3) is 0 Å². The van der Waals surface area contributed by atoms with Crippen molar-refractivity contribution in [3.8, 4) is 0 Å². The van der Waals surface area contributed by atoms with E-state index in [-0.39, 0.29) is 23.6 Å². The number of fused-ring (bicyclic) bond motifs is 5. The molecule has 0 radical (unpaired) electrons. The number of cyclic esters (lactones) is 1. The number of aliphatic hydroxyl groups excluding tert-OH is 1. The van der Waals surface area contributed by atoms with Gasteiger partial charge in [0.15, 0.2) is 0 Å². The number of ether oxygens (including phenoxy) is 1. The first-order valence-electron chi connectivity index (χ1n) is 9.40. The molecule has 1 aliphatic heterocycles. The largest absolute Gasteiger partial charge is 0.462 e. The molecule has 0 aromatic carbocycles. The lowest BCUT2D eigenvalue weighted by Crippen LogP contribution is -2.57. The molecule has 1 N–H and O–H groups in total. The molecule has 4 aliphatic rings. The van der Waals surface area contributed by atoms with Crippen LogP contribution in [0.5, 0.6) is 0 Å². The van der Waals surface area contributed by atoms with E-state index in [1.165, 1.54) is 6.42 Å². The van der Waals surface area contributed by atoms with E-state index < -0.39 is 0 Å². The first kappa shape index (κ1) is 15.7. The molecule has 0 bridgehead atoms. The number of carbonyl (C=O) groups is 1. The van der Waals surface area contributed by atoms with Crippen LogP contribution in [0.15, 0.2) is 12.2 Å². The Balaban J connectivity index is 1.69. The molecule has 3 fully saturated rings. The van der Waals surface area contributed by atoms with Gasteiger partial charge in [0, 0.05) is 11.8 Å². The Morgan fingerprint density at radius 2 is 1.87 bits per heavy atom. The summed E-state index contributed by atoms with van der Waals surface area (Å²) in [5.41, 5.74) is 0.418. The zero-order valence-electron chi connectivity index (χ0n) is 14.6. The second-order valence-corrected chi connectivity index (χ2v) is 9.10. The van der Waals surface area contributed by atoms with Gasteiger partial charge in [-0.1, -0.05) is 26.0 Å². The second kappa shape index (κ2) is 5.08.